The lowest BCUT2D eigenvalue weighted by atomic mass is 10.1. The highest BCUT2D eigenvalue weighted by molar-refractivity contribution is 6.19. The number of ether oxygens (including phenoxy) is 1. The Labute approximate surface area is 89.7 Å². The highest BCUT2D eigenvalue weighted by atomic mass is 16.5. The number of rotatable bonds is 5. The van der Waals surface area contributed by atoms with E-state index in [9.17, 15) is 9.59 Å². The van der Waals surface area contributed by atoms with Crippen LogP contribution in [0.1, 0.15) is 27.2 Å². The van der Waals surface area contributed by atoms with E-state index in [0.29, 0.717) is 23.7 Å². The van der Waals surface area contributed by atoms with E-state index >= 15 is 0 Å². The predicted octanol–water partition coefficient (Wildman–Crippen LogP) is 1.02. The van der Waals surface area contributed by atoms with Crippen molar-refractivity contribution in [1.82, 2.24) is 5.32 Å². The van der Waals surface area contributed by atoms with Crippen molar-refractivity contribution in [3.63, 3.8) is 0 Å². The summed E-state index contributed by atoms with van der Waals surface area (Å²) in [4.78, 5) is 22.3. The van der Waals surface area contributed by atoms with Gasteiger partial charge in [-0.05, 0) is 19.3 Å². The van der Waals surface area contributed by atoms with Crippen LogP contribution in [0.4, 0.5) is 0 Å². The van der Waals surface area contributed by atoms with E-state index in [1.165, 1.54) is 0 Å². The third kappa shape index (κ3) is 3.16. The van der Waals surface area contributed by atoms with Crippen LogP contribution in [0.25, 0.3) is 0 Å². The van der Waals surface area contributed by atoms with Gasteiger partial charge in [0.15, 0.2) is 0 Å². The number of amides is 2. The maximum absolute atomic E-state index is 11.3. The number of carbonyl (C=O) groups is 2. The Morgan fingerprint density at radius 3 is 2.40 bits per heavy atom. The minimum Gasteiger partial charge on any atom is -0.377 e. The zero-order valence-electron chi connectivity index (χ0n) is 9.42. The number of hydrogen-bond donors (Lipinski definition) is 1. The normalized spacial score (nSPS) is 16.5. The molecule has 0 aromatic heterocycles. The van der Waals surface area contributed by atoms with E-state index in [-0.39, 0.29) is 18.4 Å². The maximum Gasteiger partial charge on any atom is 0.256 e. The van der Waals surface area contributed by atoms with Crippen molar-refractivity contribution < 1.29 is 14.3 Å². The van der Waals surface area contributed by atoms with E-state index in [2.05, 4.69) is 19.2 Å². The van der Waals surface area contributed by atoms with Crippen LogP contribution in [0.5, 0.6) is 0 Å². The van der Waals surface area contributed by atoms with Gasteiger partial charge in [0, 0.05) is 12.2 Å². The summed E-state index contributed by atoms with van der Waals surface area (Å²) in [5, 5.41) is 2.23. The van der Waals surface area contributed by atoms with Gasteiger partial charge in [-0.15, -0.1) is 0 Å². The highest BCUT2D eigenvalue weighted by Crippen LogP contribution is 2.12. The molecule has 0 spiro atoms. The zero-order chi connectivity index (χ0) is 11.4. The van der Waals surface area contributed by atoms with Gasteiger partial charge in [0.1, 0.15) is 0 Å². The number of hydrogen-bond acceptors (Lipinski definition) is 3. The molecule has 0 saturated heterocycles. The Balaban J connectivity index is 2.38. The predicted molar refractivity (Wildman–Crippen MR) is 56.1 cm³/mol. The molecule has 4 nitrogen and oxygen atoms in total. The quantitative estimate of drug-likeness (QED) is 0.545. The van der Waals surface area contributed by atoms with Gasteiger partial charge in [-0.25, -0.2) is 0 Å². The second kappa shape index (κ2) is 5.07. The van der Waals surface area contributed by atoms with Crippen LogP contribution in [0, 0.1) is 5.92 Å². The third-order valence-corrected chi connectivity index (χ3v) is 2.38. The molecule has 0 radical (unpaired) electrons. The summed E-state index contributed by atoms with van der Waals surface area (Å²) in [5.74, 6) is -0.0383. The molecule has 0 aromatic carbocycles. The van der Waals surface area contributed by atoms with Crippen molar-refractivity contribution in [2.24, 2.45) is 5.92 Å². The van der Waals surface area contributed by atoms with Crippen molar-refractivity contribution in [2.45, 2.75) is 27.2 Å². The fourth-order valence-electron chi connectivity index (χ4n) is 1.25. The van der Waals surface area contributed by atoms with Gasteiger partial charge in [-0.1, -0.05) is 13.8 Å². The first kappa shape index (κ1) is 11.9. The summed E-state index contributed by atoms with van der Waals surface area (Å²) in [6.45, 7) is 6.72. The Morgan fingerprint density at radius 1 is 1.27 bits per heavy atom. The lowest BCUT2D eigenvalue weighted by Gasteiger charge is -2.06. The fraction of sp³-hybridized carbons (Fsp3) is 0.636. The van der Waals surface area contributed by atoms with Crippen molar-refractivity contribution in [2.75, 3.05) is 13.2 Å². The Kier molecular flexibility index (Phi) is 4.03. The van der Waals surface area contributed by atoms with Gasteiger partial charge in [0.25, 0.3) is 11.8 Å². The van der Waals surface area contributed by atoms with Crippen molar-refractivity contribution in [3.8, 4) is 0 Å². The van der Waals surface area contributed by atoms with Crippen molar-refractivity contribution in [1.29, 1.82) is 0 Å². The molecule has 0 unspecified atom stereocenters. The Hall–Kier alpha value is -1.16. The minimum absolute atomic E-state index is 0.232. The lowest BCUT2D eigenvalue weighted by molar-refractivity contribution is -0.124. The van der Waals surface area contributed by atoms with Gasteiger partial charge in [0.2, 0.25) is 0 Å². The molecular formula is C11H17NO3. The van der Waals surface area contributed by atoms with Crippen LogP contribution < -0.4 is 5.32 Å². The average Bonchev–Trinajstić information content (AvgIpc) is 2.37. The summed E-state index contributed by atoms with van der Waals surface area (Å²) in [6, 6.07) is 0. The molecule has 1 aliphatic rings. The molecule has 1 rings (SSSR count). The molecule has 0 saturated carbocycles. The molecule has 1 N–H and O–H groups in total. The molecule has 0 aromatic rings. The van der Waals surface area contributed by atoms with Gasteiger partial charge in [-0.2, -0.15) is 0 Å². The second-order valence-electron chi connectivity index (χ2n) is 4.12. The number of imide groups is 1. The lowest BCUT2D eigenvalue weighted by Crippen LogP contribution is -2.23. The molecule has 1 aliphatic heterocycles. The largest absolute Gasteiger partial charge is 0.377 e. The highest BCUT2D eigenvalue weighted by Gasteiger charge is 2.26. The van der Waals surface area contributed by atoms with Crippen LogP contribution >= 0.6 is 0 Å². The van der Waals surface area contributed by atoms with Gasteiger partial charge in [0.05, 0.1) is 12.2 Å². The smallest absolute Gasteiger partial charge is 0.256 e. The van der Waals surface area contributed by atoms with Crippen molar-refractivity contribution >= 4 is 11.8 Å². The summed E-state index contributed by atoms with van der Waals surface area (Å²) in [6.07, 6.45) is 0.960. The van der Waals surface area contributed by atoms with Crippen LogP contribution in [-0.4, -0.2) is 25.0 Å². The van der Waals surface area contributed by atoms with E-state index in [1.807, 2.05) is 0 Å². The summed E-state index contributed by atoms with van der Waals surface area (Å²) in [5.41, 5.74) is 0.938. The van der Waals surface area contributed by atoms with Gasteiger partial charge >= 0.3 is 0 Å². The Morgan fingerprint density at radius 2 is 1.93 bits per heavy atom. The topological polar surface area (TPSA) is 55.4 Å². The fourth-order valence-corrected chi connectivity index (χ4v) is 1.25. The molecule has 1 heterocycles. The van der Waals surface area contributed by atoms with Crippen LogP contribution in [-0.2, 0) is 14.3 Å². The average molecular weight is 211 g/mol. The van der Waals surface area contributed by atoms with Gasteiger partial charge in [-0.3, -0.25) is 14.9 Å². The molecule has 0 fully saturated rings. The summed E-state index contributed by atoms with van der Waals surface area (Å²) < 4.78 is 5.35. The molecule has 0 bridgehead atoms. The second-order valence-corrected chi connectivity index (χ2v) is 4.12. The molecule has 0 atom stereocenters. The molecular weight excluding hydrogens is 194 g/mol. The molecule has 2 amide bonds. The van der Waals surface area contributed by atoms with E-state index < -0.39 is 0 Å². The first-order valence-electron chi connectivity index (χ1n) is 5.15. The van der Waals surface area contributed by atoms with E-state index in [1.54, 1.807) is 6.92 Å². The molecule has 84 valence electrons. The monoisotopic (exact) mass is 211 g/mol. The standard InChI is InChI=1S/C11H17NO3/c1-7(2)4-5-15-6-9-8(3)10(13)12-11(9)14/h7H,4-6H2,1-3H3,(H,12,13,14). The SMILES string of the molecule is CC1=C(COCCC(C)C)C(=O)NC1=O. The molecule has 4 heteroatoms. The van der Waals surface area contributed by atoms with Crippen molar-refractivity contribution in [3.05, 3.63) is 11.1 Å². The summed E-state index contributed by atoms with van der Waals surface area (Å²) >= 11 is 0. The zero-order valence-corrected chi connectivity index (χ0v) is 9.42. The first-order chi connectivity index (χ1) is 7.02. The third-order valence-electron chi connectivity index (χ3n) is 2.38. The first-order valence-corrected chi connectivity index (χ1v) is 5.15. The van der Waals surface area contributed by atoms with Crippen LogP contribution in [0.15, 0.2) is 11.1 Å². The van der Waals surface area contributed by atoms with E-state index in [0.717, 1.165) is 6.42 Å². The molecule has 15 heavy (non-hydrogen) atoms. The summed E-state index contributed by atoms with van der Waals surface area (Å²) in [7, 11) is 0. The number of carbonyl (C=O) groups excluding carboxylic acids is 2. The van der Waals surface area contributed by atoms with Crippen LogP contribution in [0.2, 0.25) is 0 Å². The van der Waals surface area contributed by atoms with Crippen LogP contribution in [0.3, 0.4) is 0 Å². The number of nitrogens with one attached hydrogen (secondary N) is 1. The molecule has 0 aliphatic carbocycles. The van der Waals surface area contributed by atoms with Gasteiger partial charge < -0.3 is 4.74 Å². The van der Waals surface area contributed by atoms with E-state index in [4.69, 9.17) is 4.74 Å². The maximum atomic E-state index is 11.3. The Bertz CT molecular complexity index is 305. The minimum atomic E-state index is -0.318.